The Bertz CT molecular complexity index is 1290. The molecule has 1 amide bonds. The Morgan fingerprint density at radius 2 is 1.69 bits per heavy atom. The normalized spacial score (nSPS) is 12.1. The van der Waals surface area contributed by atoms with Crippen LogP contribution in [0.5, 0.6) is 11.5 Å². The molecule has 9 nitrogen and oxygen atoms in total. The van der Waals surface area contributed by atoms with Gasteiger partial charge < -0.3 is 23.5 Å². The molecular weight excluding hydrogens is 452 g/mol. The SMILES string of the molecule is COC(=O)N(C)c1ccccc1C(=O)OCC(=O)c1cc(C)n(-c2ccc3c(c2)OCCO3)c1C. The maximum atomic E-state index is 13.0. The summed E-state index contributed by atoms with van der Waals surface area (Å²) in [5.41, 5.74) is 3.30. The molecule has 4 rings (SSSR count). The predicted octanol–water partition coefficient (Wildman–Crippen LogP) is 4.11. The van der Waals surface area contributed by atoms with Crippen LogP contribution in [-0.2, 0) is 9.47 Å². The lowest BCUT2D eigenvalue weighted by molar-refractivity contribution is 0.0475. The van der Waals surface area contributed by atoms with Gasteiger partial charge in [0.1, 0.15) is 13.2 Å². The number of ether oxygens (including phenoxy) is 4. The van der Waals surface area contributed by atoms with Gasteiger partial charge in [0.25, 0.3) is 0 Å². The fourth-order valence-corrected chi connectivity index (χ4v) is 4.07. The van der Waals surface area contributed by atoms with Crippen LogP contribution in [0.3, 0.4) is 0 Å². The number of rotatable bonds is 6. The molecule has 182 valence electrons. The Kier molecular flexibility index (Phi) is 6.77. The molecular formula is C26H26N2O7. The number of para-hydroxylation sites is 1. The highest BCUT2D eigenvalue weighted by Gasteiger charge is 2.23. The average Bonchev–Trinajstić information content (AvgIpc) is 3.19. The van der Waals surface area contributed by atoms with E-state index < -0.39 is 18.7 Å². The summed E-state index contributed by atoms with van der Waals surface area (Å²) in [5, 5.41) is 0. The molecule has 0 aliphatic carbocycles. The molecule has 1 aromatic heterocycles. The number of nitrogens with zero attached hydrogens (tertiary/aromatic N) is 2. The molecule has 0 saturated heterocycles. The Balaban J connectivity index is 1.51. The molecule has 0 saturated carbocycles. The van der Waals surface area contributed by atoms with Crippen molar-refractivity contribution >= 4 is 23.5 Å². The van der Waals surface area contributed by atoms with Gasteiger partial charge in [-0.05, 0) is 44.2 Å². The lowest BCUT2D eigenvalue weighted by atomic mass is 10.1. The van der Waals surface area contributed by atoms with E-state index in [4.69, 9.17) is 18.9 Å². The first kappa shape index (κ1) is 23.9. The Hall–Kier alpha value is -4.27. The number of hydrogen-bond donors (Lipinski definition) is 0. The van der Waals surface area contributed by atoms with Crippen LogP contribution in [0.4, 0.5) is 10.5 Å². The van der Waals surface area contributed by atoms with Crippen LogP contribution < -0.4 is 14.4 Å². The van der Waals surface area contributed by atoms with Crippen molar-refractivity contribution in [2.45, 2.75) is 13.8 Å². The van der Waals surface area contributed by atoms with Gasteiger partial charge in [-0.25, -0.2) is 9.59 Å². The third-order valence-electron chi connectivity index (χ3n) is 5.78. The van der Waals surface area contributed by atoms with Crippen molar-refractivity contribution in [3.8, 4) is 17.2 Å². The highest BCUT2D eigenvalue weighted by Crippen LogP contribution is 2.33. The summed E-state index contributed by atoms with van der Waals surface area (Å²) in [6, 6.07) is 13.8. The molecule has 9 heteroatoms. The quantitative estimate of drug-likeness (QED) is 0.389. The van der Waals surface area contributed by atoms with Crippen molar-refractivity contribution in [3.05, 3.63) is 71.0 Å². The summed E-state index contributed by atoms with van der Waals surface area (Å²) in [6.07, 6.45) is -0.632. The van der Waals surface area contributed by atoms with Crippen molar-refractivity contribution in [3.63, 3.8) is 0 Å². The number of carbonyl (C=O) groups is 3. The fourth-order valence-electron chi connectivity index (χ4n) is 4.07. The molecule has 3 aromatic rings. The number of esters is 1. The minimum atomic E-state index is -0.717. The molecule has 0 fully saturated rings. The highest BCUT2D eigenvalue weighted by molar-refractivity contribution is 6.03. The predicted molar refractivity (Wildman–Crippen MR) is 128 cm³/mol. The number of anilines is 1. The number of ketones is 1. The maximum Gasteiger partial charge on any atom is 0.413 e. The summed E-state index contributed by atoms with van der Waals surface area (Å²) in [5.74, 6) is 0.279. The van der Waals surface area contributed by atoms with Crippen LogP contribution in [0.15, 0.2) is 48.5 Å². The zero-order valence-electron chi connectivity index (χ0n) is 20.0. The van der Waals surface area contributed by atoms with Gasteiger partial charge in [0.05, 0.1) is 18.4 Å². The molecule has 0 radical (unpaired) electrons. The van der Waals surface area contributed by atoms with Crippen molar-refractivity contribution in [2.24, 2.45) is 0 Å². The van der Waals surface area contributed by atoms with E-state index in [0.29, 0.717) is 41.7 Å². The van der Waals surface area contributed by atoms with E-state index in [1.165, 1.54) is 25.1 Å². The lowest BCUT2D eigenvalue weighted by Crippen LogP contribution is -2.28. The molecule has 2 aromatic carbocycles. The first-order valence-electron chi connectivity index (χ1n) is 11.0. The van der Waals surface area contributed by atoms with Crippen molar-refractivity contribution in [1.82, 2.24) is 4.57 Å². The van der Waals surface area contributed by atoms with Crippen LogP contribution in [0.2, 0.25) is 0 Å². The lowest BCUT2D eigenvalue weighted by Gasteiger charge is -2.20. The fraction of sp³-hybridized carbons (Fsp3) is 0.269. The summed E-state index contributed by atoms with van der Waals surface area (Å²) in [6.45, 7) is 4.27. The van der Waals surface area contributed by atoms with Crippen LogP contribution in [0.25, 0.3) is 5.69 Å². The van der Waals surface area contributed by atoms with Crippen LogP contribution in [0, 0.1) is 13.8 Å². The topological polar surface area (TPSA) is 96.3 Å². The summed E-state index contributed by atoms with van der Waals surface area (Å²) < 4.78 is 23.2. The molecule has 35 heavy (non-hydrogen) atoms. The van der Waals surface area contributed by atoms with E-state index in [2.05, 4.69) is 0 Å². The first-order chi connectivity index (χ1) is 16.8. The third kappa shape index (κ3) is 4.70. The average molecular weight is 479 g/mol. The Morgan fingerprint density at radius 1 is 0.971 bits per heavy atom. The number of aromatic nitrogens is 1. The van der Waals surface area contributed by atoms with Crippen molar-refractivity contribution in [1.29, 1.82) is 0 Å². The van der Waals surface area contributed by atoms with Crippen molar-refractivity contribution < 1.29 is 33.3 Å². The second kappa shape index (κ2) is 9.92. The zero-order chi connectivity index (χ0) is 25.1. The standard InChI is InChI=1S/C26H26N2O7/c1-16-13-20(17(2)28(16)18-9-10-23-24(14-18)34-12-11-33-23)22(29)15-35-25(30)19-7-5-6-8-21(19)27(3)26(31)32-4/h5-10,13-14H,11-12,15H2,1-4H3. The number of benzene rings is 2. The number of fused-ring (bicyclic) bond motifs is 1. The van der Waals surface area contributed by atoms with Gasteiger partial charge in [-0.3, -0.25) is 9.69 Å². The van der Waals surface area contributed by atoms with Gasteiger partial charge in [0, 0.05) is 35.8 Å². The minimum absolute atomic E-state index is 0.148. The van der Waals surface area contributed by atoms with Crippen molar-refractivity contribution in [2.75, 3.05) is 38.9 Å². The Morgan fingerprint density at radius 3 is 2.43 bits per heavy atom. The van der Waals surface area contributed by atoms with E-state index in [0.717, 1.165) is 11.4 Å². The number of amides is 1. The molecule has 2 heterocycles. The number of hydrogen-bond acceptors (Lipinski definition) is 7. The summed E-state index contributed by atoms with van der Waals surface area (Å²) >= 11 is 0. The van der Waals surface area contributed by atoms with E-state index >= 15 is 0 Å². The first-order valence-corrected chi connectivity index (χ1v) is 11.0. The maximum absolute atomic E-state index is 13.0. The molecule has 0 atom stereocenters. The molecule has 0 spiro atoms. The minimum Gasteiger partial charge on any atom is -0.486 e. The van der Waals surface area contributed by atoms with Crippen LogP contribution in [0.1, 0.15) is 32.1 Å². The van der Waals surface area contributed by atoms with E-state index in [-0.39, 0.29) is 11.3 Å². The van der Waals surface area contributed by atoms with Gasteiger partial charge in [-0.1, -0.05) is 12.1 Å². The molecule has 1 aliphatic rings. The van der Waals surface area contributed by atoms with Crippen LogP contribution >= 0.6 is 0 Å². The second-order valence-corrected chi connectivity index (χ2v) is 7.99. The van der Waals surface area contributed by atoms with Gasteiger partial charge >= 0.3 is 12.1 Å². The highest BCUT2D eigenvalue weighted by atomic mass is 16.6. The van der Waals surface area contributed by atoms with E-state index in [1.807, 2.05) is 36.6 Å². The second-order valence-electron chi connectivity index (χ2n) is 7.99. The van der Waals surface area contributed by atoms with Gasteiger partial charge in [-0.2, -0.15) is 0 Å². The van der Waals surface area contributed by atoms with Gasteiger partial charge in [-0.15, -0.1) is 0 Å². The van der Waals surface area contributed by atoms with Crippen LogP contribution in [-0.4, -0.2) is 56.4 Å². The monoisotopic (exact) mass is 478 g/mol. The largest absolute Gasteiger partial charge is 0.486 e. The van der Waals surface area contributed by atoms with E-state index in [1.54, 1.807) is 24.3 Å². The number of aryl methyl sites for hydroxylation is 1. The zero-order valence-corrected chi connectivity index (χ0v) is 20.0. The van der Waals surface area contributed by atoms with E-state index in [9.17, 15) is 14.4 Å². The molecule has 0 bridgehead atoms. The summed E-state index contributed by atoms with van der Waals surface area (Å²) in [4.78, 5) is 38.8. The Labute approximate surface area is 202 Å². The smallest absolute Gasteiger partial charge is 0.413 e. The molecule has 1 aliphatic heterocycles. The summed E-state index contributed by atoms with van der Waals surface area (Å²) in [7, 11) is 2.73. The number of methoxy groups -OCH3 is 1. The number of Topliss-reactive ketones (excluding diaryl/α,β-unsaturated/α-hetero) is 1. The molecule has 0 unspecified atom stereocenters. The van der Waals surface area contributed by atoms with Gasteiger partial charge in [0.15, 0.2) is 18.1 Å². The van der Waals surface area contributed by atoms with Gasteiger partial charge in [0.2, 0.25) is 5.78 Å². The third-order valence-corrected chi connectivity index (χ3v) is 5.78. The number of carbonyl (C=O) groups excluding carboxylic acids is 3. The molecule has 0 N–H and O–H groups in total.